The number of ether oxygens (including phenoxy) is 1. The number of amides is 1. The van der Waals surface area contributed by atoms with Crippen LogP contribution in [-0.4, -0.2) is 36.2 Å². The summed E-state index contributed by atoms with van der Waals surface area (Å²) < 4.78 is 4.73. The summed E-state index contributed by atoms with van der Waals surface area (Å²) in [5.74, 6) is -0.373. The Morgan fingerprint density at radius 3 is 2.79 bits per heavy atom. The summed E-state index contributed by atoms with van der Waals surface area (Å²) in [5, 5.41) is 0. The molecule has 0 aliphatic heterocycles. The molecule has 0 radical (unpaired) electrons. The number of hydrogen-bond acceptors (Lipinski definition) is 5. The van der Waals surface area contributed by atoms with Gasteiger partial charge in [0.25, 0.3) is 5.91 Å². The van der Waals surface area contributed by atoms with Gasteiger partial charge in [-0.2, -0.15) is 0 Å². The van der Waals surface area contributed by atoms with Gasteiger partial charge in [-0.15, -0.1) is 0 Å². The molecule has 0 aromatic carbocycles. The van der Waals surface area contributed by atoms with Crippen molar-refractivity contribution < 1.29 is 14.4 Å². The van der Waals surface area contributed by atoms with Crippen molar-refractivity contribution in [2.75, 3.05) is 20.3 Å². The highest BCUT2D eigenvalue weighted by atomic mass is 16.7. The van der Waals surface area contributed by atoms with Crippen LogP contribution in [-0.2, 0) is 9.57 Å². The average Bonchev–Trinajstić information content (AvgIpc) is 2.25. The average molecular weight is 197 g/mol. The van der Waals surface area contributed by atoms with E-state index in [1.54, 1.807) is 7.11 Å². The number of aromatic nitrogens is 2. The van der Waals surface area contributed by atoms with E-state index < -0.39 is 0 Å². The molecule has 1 heterocycles. The number of hydrogen-bond donors (Lipinski definition) is 1. The van der Waals surface area contributed by atoms with Gasteiger partial charge in [-0.1, -0.05) is 0 Å². The molecule has 0 bridgehead atoms. The summed E-state index contributed by atoms with van der Waals surface area (Å²) in [6.45, 7) is 0.724. The van der Waals surface area contributed by atoms with Gasteiger partial charge in [-0.3, -0.25) is 9.63 Å². The second-order valence-electron chi connectivity index (χ2n) is 2.40. The summed E-state index contributed by atoms with van der Waals surface area (Å²) in [7, 11) is 1.55. The van der Waals surface area contributed by atoms with Crippen LogP contribution in [0.1, 0.15) is 10.4 Å². The van der Waals surface area contributed by atoms with Crippen molar-refractivity contribution in [2.45, 2.75) is 0 Å². The predicted molar refractivity (Wildman–Crippen MR) is 47.3 cm³/mol. The highest BCUT2D eigenvalue weighted by Gasteiger charge is 2.04. The molecule has 0 spiro atoms. The molecule has 76 valence electrons. The second kappa shape index (κ2) is 6.01. The maximum Gasteiger partial charge on any atom is 0.277 e. The lowest BCUT2D eigenvalue weighted by Crippen LogP contribution is -2.25. The summed E-state index contributed by atoms with van der Waals surface area (Å²) in [5.41, 5.74) is 2.59. The SMILES string of the molecule is COCCONC(=O)c1cncnc1. The van der Waals surface area contributed by atoms with Crippen molar-refractivity contribution in [3.8, 4) is 0 Å². The summed E-state index contributed by atoms with van der Waals surface area (Å²) in [6.07, 6.45) is 4.16. The van der Waals surface area contributed by atoms with E-state index in [4.69, 9.17) is 9.57 Å². The zero-order valence-corrected chi connectivity index (χ0v) is 7.77. The molecular formula is C8H11N3O3. The van der Waals surface area contributed by atoms with Gasteiger partial charge in [-0.05, 0) is 0 Å². The Bertz CT molecular complexity index is 278. The minimum Gasteiger partial charge on any atom is -0.382 e. The lowest BCUT2D eigenvalue weighted by atomic mass is 10.3. The van der Waals surface area contributed by atoms with Gasteiger partial charge in [0.05, 0.1) is 18.8 Å². The predicted octanol–water partition coefficient (Wildman–Crippen LogP) is -0.216. The first-order valence-electron chi connectivity index (χ1n) is 4.00. The Balaban J connectivity index is 2.29. The first-order valence-corrected chi connectivity index (χ1v) is 4.00. The van der Waals surface area contributed by atoms with Crippen LogP contribution >= 0.6 is 0 Å². The van der Waals surface area contributed by atoms with Gasteiger partial charge in [0.2, 0.25) is 0 Å². The van der Waals surface area contributed by atoms with E-state index in [1.807, 2.05) is 0 Å². The number of methoxy groups -OCH3 is 1. The molecule has 0 unspecified atom stereocenters. The maximum absolute atomic E-state index is 11.3. The lowest BCUT2D eigenvalue weighted by Gasteiger charge is -2.03. The third-order valence-electron chi connectivity index (χ3n) is 1.38. The molecule has 1 aromatic rings. The maximum atomic E-state index is 11.3. The van der Waals surface area contributed by atoms with Gasteiger partial charge < -0.3 is 4.74 Å². The third-order valence-corrected chi connectivity index (χ3v) is 1.38. The topological polar surface area (TPSA) is 73.3 Å². The molecule has 1 rings (SSSR count). The van der Waals surface area contributed by atoms with Crippen LogP contribution in [0.5, 0.6) is 0 Å². The fourth-order valence-electron chi connectivity index (χ4n) is 0.717. The van der Waals surface area contributed by atoms with Crippen LogP contribution in [0.25, 0.3) is 0 Å². The zero-order valence-electron chi connectivity index (χ0n) is 7.77. The Labute approximate surface area is 81.2 Å². The fraction of sp³-hybridized carbons (Fsp3) is 0.375. The lowest BCUT2D eigenvalue weighted by molar-refractivity contribution is 0.00884. The molecule has 1 N–H and O–H groups in total. The number of carbonyl (C=O) groups excluding carboxylic acids is 1. The van der Waals surface area contributed by atoms with Crippen LogP contribution in [0, 0.1) is 0 Å². The monoisotopic (exact) mass is 197 g/mol. The van der Waals surface area contributed by atoms with Crippen LogP contribution in [0.4, 0.5) is 0 Å². The molecule has 0 saturated carbocycles. The minimum atomic E-state index is -0.373. The molecule has 14 heavy (non-hydrogen) atoms. The number of carbonyl (C=O) groups is 1. The normalized spacial score (nSPS) is 9.79. The van der Waals surface area contributed by atoms with E-state index >= 15 is 0 Å². The molecule has 1 amide bonds. The highest BCUT2D eigenvalue weighted by molar-refractivity contribution is 5.92. The van der Waals surface area contributed by atoms with E-state index in [2.05, 4.69) is 15.4 Å². The number of nitrogens with zero attached hydrogens (tertiary/aromatic N) is 2. The molecule has 6 nitrogen and oxygen atoms in total. The van der Waals surface area contributed by atoms with Gasteiger partial charge >= 0.3 is 0 Å². The van der Waals surface area contributed by atoms with E-state index in [1.165, 1.54) is 18.7 Å². The van der Waals surface area contributed by atoms with Gasteiger partial charge in [0.15, 0.2) is 0 Å². The second-order valence-corrected chi connectivity index (χ2v) is 2.40. The molecule has 1 aromatic heterocycles. The number of hydroxylamine groups is 1. The van der Waals surface area contributed by atoms with Crippen LogP contribution in [0.15, 0.2) is 18.7 Å². The fourth-order valence-corrected chi connectivity index (χ4v) is 0.717. The molecule has 0 aliphatic rings. The van der Waals surface area contributed by atoms with Crippen molar-refractivity contribution in [1.29, 1.82) is 0 Å². The first kappa shape index (κ1) is 10.6. The highest BCUT2D eigenvalue weighted by Crippen LogP contribution is 1.91. The summed E-state index contributed by atoms with van der Waals surface area (Å²) in [6, 6.07) is 0. The quantitative estimate of drug-likeness (QED) is 0.522. The van der Waals surface area contributed by atoms with Gasteiger partial charge in [0.1, 0.15) is 6.33 Å². The molecule has 0 aliphatic carbocycles. The summed E-state index contributed by atoms with van der Waals surface area (Å²) in [4.78, 5) is 23.5. The number of rotatable bonds is 5. The van der Waals surface area contributed by atoms with Crippen molar-refractivity contribution in [1.82, 2.24) is 15.4 Å². The van der Waals surface area contributed by atoms with Crippen molar-refractivity contribution in [3.63, 3.8) is 0 Å². The van der Waals surface area contributed by atoms with E-state index in [0.29, 0.717) is 18.8 Å². The van der Waals surface area contributed by atoms with E-state index in [0.717, 1.165) is 0 Å². The zero-order chi connectivity index (χ0) is 10.2. The minimum absolute atomic E-state index is 0.302. The van der Waals surface area contributed by atoms with Crippen LogP contribution in [0.2, 0.25) is 0 Å². The first-order chi connectivity index (χ1) is 6.84. The largest absolute Gasteiger partial charge is 0.382 e. The van der Waals surface area contributed by atoms with Gasteiger partial charge in [-0.25, -0.2) is 15.4 Å². The van der Waals surface area contributed by atoms with Crippen LogP contribution in [0.3, 0.4) is 0 Å². The third kappa shape index (κ3) is 3.46. The van der Waals surface area contributed by atoms with Crippen molar-refractivity contribution in [3.05, 3.63) is 24.3 Å². The Hall–Kier alpha value is -1.53. The molecule has 6 heteroatoms. The van der Waals surface area contributed by atoms with E-state index in [-0.39, 0.29) is 5.91 Å². The molecule has 0 atom stereocenters. The molecular weight excluding hydrogens is 186 g/mol. The Morgan fingerprint density at radius 1 is 1.43 bits per heavy atom. The Morgan fingerprint density at radius 2 is 2.14 bits per heavy atom. The number of nitrogens with one attached hydrogen (secondary N) is 1. The molecule has 0 fully saturated rings. The molecule has 0 saturated heterocycles. The summed E-state index contributed by atoms with van der Waals surface area (Å²) >= 11 is 0. The van der Waals surface area contributed by atoms with Crippen LogP contribution < -0.4 is 5.48 Å². The van der Waals surface area contributed by atoms with Crippen molar-refractivity contribution >= 4 is 5.91 Å². The smallest absolute Gasteiger partial charge is 0.277 e. The van der Waals surface area contributed by atoms with E-state index in [9.17, 15) is 4.79 Å². The Kier molecular flexibility index (Phi) is 4.53. The van der Waals surface area contributed by atoms with Crippen molar-refractivity contribution in [2.24, 2.45) is 0 Å². The van der Waals surface area contributed by atoms with Gasteiger partial charge in [0, 0.05) is 19.5 Å². The standard InChI is InChI=1S/C8H11N3O3/c1-13-2-3-14-11-8(12)7-4-9-6-10-5-7/h4-6H,2-3H2,1H3,(H,11,12).